The van der Waals surface area contributed by atoms with Crippen molar-refractivity contribution in [3.63, 3.8) is 0 Å². The Labute approximate surface area is 230 Å². The number of ether oxygens (including phenoxy) is 3. The van der Waals surface area contributed by atoms with E-state index in [9.17, 15) is 32.3 Å². The molecule has 1 heterocycles. The number of halogens is 5. The second-order valence-corrected chi connectivity index (χ2v) is 8.85. The van der Waals surface area contributed by atoms with Crippen LogP contribution in [0.2, 0.25) is 5.02 Å². The van der Waals surface area contributed by atoms with Crippen molar-refractivity contribution in [1.82, 2.24) is 10.3 Å². The van der Waals surface area contributed by atoms with Crippen LogP contribution in [0.5, 0.6) is 17.2 Å². The summed E-state index contributed by atoms with van der Waals surface area (Å²) in [6, 6.07) is 9.07. The van der Waals surface area contributed by atoms with Gasteiger partial charge in [0.15, 0.2) is 17.6 Å². The van der Waals surface area contributed by atoms with Gasteiger partial charge in [0.05, 0.1) is 31.5 Å². The number of nitrogens with two attached hydrogens (primary N) is 1. The van der Waals surface area contributed by atoms with Gasteiger partial charge in [-0.15, -0.1) is 0 Å². The van der Waals surface area contributed by atoms with Crippen molar-refractivity contribution in [3.8, 4) is 28.5 Å². The zero-order chi connectivity index (χ0) is 29.8. The number of alkyl halides is 3. The van der Waals surface area contributed by atoms with Crippen LogP contribution in [0.25, 0.3) is 11.3 Å². The van der Waals surface area contributed by atoms with Gasteiger partial charge < -0.3 is 30.4 Å². The molecule has 0 aliphatic heterocycles. The molecule has 3 rings (SSSR count). The van der Waals surface area contributed by atoms with Crippen molar-refractivity contribution in [3.05, 3.63) is 70.6 Å². The lowest BCUT2D eigenvalue weighted by Gasteiger charge is -2.30. The molecule has 0 aliphatic carbocycles. The molecule has 3 aromatic rings. The number of nitrogens with one attached hydrogen (secondary N) is 1. The van der Waals surface area contributed by atoms with Crippen LogP contribution in [0.3, 0.4) is 0 Å². The second-order valence-electron chi connectivity index (χ2n) is 8.45. The summed E-state index contributed by atoms with van der Waals surface area (Å²) in [5, 5.41) is 12.6. The van der Waals surface area contributed by atoms with Crippen LogP contribution in [0.15, 0.2) is 48.5 Å². The molecule has 40 heavy (non-hydrogen) atoms. The lowest BCUT2D eigenvalue weighted by Crippen LogP contribution is -2.51. The molecule has 0 radical (unpaired) electrons. The first-order valence-corrected chi connectivity index (χ1v) is 11.8. The van der Waals surface area contributed by atoms with Gasteiger partial charge >= 0.3 is 6.18 Å². The SMILES string of the molecule is COc1cc(C(=O)NCC(O)(c2ccc(OC)c(-c3ccc(F)c(Cl)c3)n2)C(F)(F)F)ccc1OC(C)C(N)=O. The summed E-state index contributed by atoms with van der Waals surface area (Å²) in [5.74, 6) is -2.41. The van der Waals surface area contributed by atoms with Crippen LogP contribution in [-0.4, -0.2) is 54.9 Å². The Morgan fingerprint density at radius 2 is 1.70 bits per heavy atom. The molecule has 4 N–H and O–H groups in total. The summed E-state index contributed by atoms with van der Waals surface area (Å²) in [7, 11) is 2.50. The van der Waals surface area contributed by atoms with Gasteiger partial charge in [-0.05, 0) is 55.5 Å². The predicted molar refractivity (Wildman–Crippen MR) is 136 cm³/mol. The molecule has 2 aromatic carbocycles. The number of amides is 2. The van der Waals surface area contributed by atoms with E-state index in [2.05, 4.69) is 10.3 Å². The van der Waals surface area contributed by atoms with Crippen molar-refractivity contribution in [2.75, 3.05) is 20.8 Å². The largest absolute Gasteiger partial charge is 0.494 e. The van der Waals surface area contributed by atoms with Gasteiger partial charge in [-0.25, -0.2) is 9.37 Å². The highest BCUT2D eigenvalue weighted by molar-refractivity contribution is 6.31. The maximum absolute atomic E-state index is 14.2. The number of carbonyl (C=O) groups is 2. The summed E-state index contributed by atoms with van der Waals surface area (Å²) in [6.07, 6.45) is -6.32. The van der Waals surface area contributed by atoms with Gasteiger partial charge in [0.1, 0.15) is 17.3 Å². The van der Waals surface area contributed by atoms with E-state index in [4.69, 9.17) is 31.5 Å². The van der Waals surface area contributed by atoms with Crippen molar-refractivity contribution in [2.45, 2.75) is 24.8 Å². The number of methoxy groups -OCH3 is 2. The fraction of sp³-hybridized carbons (Fsp3) is 0.269. The summed E-state index contributed by atoms with van der Waals surface area (Å²) in [4.78, 5) is 28.0. The molecule has 0 saturated carbocycles. The van der Waals surface area contributed by atoms with E-state index in [0.717, 1.165) is 24.3 Å². The van der Waals surface area contributed by atoms with Crippen LogP contribution in [0.4, 0.5) is 17.6 Å². The summed E-state index contributed by atoms with van der Waals surface area (Å²) in [5.41, 5.74) is 0.504. The zero-order valence-corrected chi connectivity index (χ0v) is 22.1. The molecule has 0 saturated heterocycles. The highest BCUT2D eigenvalue weighted by Gasteiger charge is 2.56. The molecular weight excluding hydrogens is 562 g/mol. The van der Waals surface area contributed by atoms with Crippen LogP contribution >= 0.6 is 11.6 Å². The minimum Gasteiger partial charge on any atom is -0.494 e. The molecule has 2 amide bonds. The van der Waals surface area contributed by atoms with Gasteiger partial charge in [0.25, 0.3) is 11.8 Å². The molecule has 214 valence electrons. The molecule has 1 aromatic heterocycles. The normalized spacial score (nSPS) is 13.6. The summed E-state index contributed by atoms with van der Waals surface area (Å²) < 4.78 is 72.0. The number of pyridine rings is 1. The van der Waals surface area contributed by atoms with Crippen LogP contribution in [-0.2, 0) is 10.4 Å². The topological polar surface area (TPSA) is 133 Å². The Kier molecular flexibility index (Phi) is 9.10. The maximum Gasteiger partial charge on any atom is 0.424 e. The smallest absolute Gasteiger partial charge is 0.424 e. The number of aromatic nitrogens is 1. The first-order chi connectivity index (χ1) is 18.7. The number of hydrogen-bond donors (Lipinski definition) is 3. The second kappa shape index (κ2) is 12.0. The van der Waals surface area contributed by atoms with Crippen LogP contribution in [0, 0.1) is 5.82 Å². The molecule has 9 nitrogen and oxygen atoms in total. The standard InChI is InChI=1S/C26H24ClF4N3O6/c1-13(23(32)35)40-18-7-5-15(11-20(18)39-3)24(36)33-12-25(37,26(29,30)31)21-9-8-19(38-2)22(34-21)14-4-6-17(28)16(27)10-14/h4-11,13,37H,12H2,1-3H3,(H2,32,35)(H,33,36). The third-order valence-corrected chi connectivity index (χ3v) is 6.09. The minimum atomic E-state index is -5.29. The maximum atomic E-state index is 14.2. The number of nitrogens with zero attached hydrogens (tertiary/aromatic N) is 1. The van der Waals surface area contributed by atoms with Gasteiger partial charge in [-0.3, -0.25) is 9.59 Å². The van der Waals surface area contributed by atoms with Gasteiger partial charge in [0.2, 0.25) is 5.60 Å². The number of benzene rings is 2. The first-order valence-electron chi connectivity index (χ1n) is 11.4. The number of rotatable bonds is 10. The fourth-order valence-corrected chi connectivity index (χ4v) is 3.67. The predicted octanol–water partition coefficient (Wildman–Crippen LogP) is 3.99. The molecule has 2 atom stereocenters. The molecule has 2 unspecified atom stereocenters. The fourth-order valence-electron chi connectivity index (χ4n) is 3.49. The van der Waals surface area contributed by atoms with Crippen molar-refractivity contribution >= 4 is 23.4 Å². The molecule has 0 bridgehead atoms. The Bertz CT molecular complexity index is 1420. The molecule has 14 heteroatoms. The highest BCUT2D eigenvalue weighted by atomic mass is 35.5. The van der Waals surface area contributed by atoms with Gasteiger partial charge in [0, 0.05) is 11.1 Å². The third-order valence-electron chi connectivity index (χ3n) is 5.80. The number of primary amides is 1. The molecule has 0 aliphatic rings. The highest BCUT2D eigenvalue weighted by Crippen LogP contribution is 2.40. The molecule has 0 spiro atoms. The van der Waals surface area contributed by atoms with Crippen LogP contribution in [0.1, 0.15) is 23.0 Å². The number of aliphatic hydroxyl groups is 1. The van der Waals surface area contributed by atoms with Crippen LogP contribution < -0.4 is 25.3 Å². The third kappa shape index (κ3) is 6.37. The number of carbonyl (C=O) groups excluding carboxylic acids is 2. The van der Waals surface area contributed by atoms with E-state index in [1.807, 2.05) is 0 Å². The average molecular weight is 586 g/mol. The van der Waals surface area contributed by atoms with Crippen molar-refractivity contribution in [2.24, 2.45) is 5.73 Å². The van der Waals surface area contributed by atoms with Crippen molar-refractivity contribution < 1.29 is 46.5 Å². The summed E-state index contributed by atoms with van der Waals surface area (Å²) >= 11 is 5.82. The van der Waals surface area contributed by atoms with E-state index in [1.54, 1.807) is 0 Å². The Morgan fingerprint density at radius 1 is 1.05 bits per heavy atom. The Hall–Kier alpha value is -4.10. The first kappa shape index (κ1) is 30.4. The lowest BCUT2D eigenvalue weighted by atomic mass is 9.96. The lowest BCUT2D eigenvalue weighted by molar-refractivity contribution is -0.265. The summed E-state index contributed by atoms with van der Waals surface area (Å²) in [6.45, 7) is 0.0706. The van der Waals surface area contributed by atoms with Crippen molar-refractivity contribution in [1.29, 1.82) is 0 Å². The quantitative estimate of drug-likeness (QED) is 0.306. The van der Waals surface area contributed by atoms with E-state index >= 15 is 0 Å². The van der Waals surface area contributed by atoms with E-state index in [-0.39, 0.29) is 39.1 Å². The average Bonchev–Trinajstić information content (AvgIpc) is 2.92. The van der Waals surface area contributed by atoms with Gasteiger partial charge in [-0.2, -0.15) is 13.2 Å². The Morgan fingerprint density at radius 3 is 2.27 bits per heavy atom. The van der Waals surface area contributed by atoms with E-state index in [0.29, 0.717) is 0 Å². The zero-order valence-electron chi connectivity index (χ0n) is 21.3. The van der Waals surface area contributed by atoms with E-state index < -0.39 is 47.8 Å². The number of hydrogen-bond acceptors (Lipinski definition) is 7. The minimum absolute atomic E-state index is 0.00579. The Balaban J connectivity index is 1.93. The molecule has 0 fully saturated rings. The monoisotopic (exact) mass is 585 g/mol. The van der Waals surface area contributed by atoms with Gasteiger partial charge in [-0.1, -0.05) is 11.6 Å². The van der Waals surface area contributed by atoms with E-state index in [1.165, 1.54) is 45.4 Å². The molecular formula is C26H24ClF4N3O6.